The number of halogens is 2. The van der Waals surface area contributed by atoms with E-state index in [9.17, 15) is 9.59 Å². The lowest BCUT2D eigenvalue weighted by atomic mass is 10.2. The smallest absolute Gasteiger partial charge is 0.251 e. The van der Waals surface area contributed by atoms with E-state index in [2.05, 4.69) is 26.0 Å². The molecule has 0 aliphatic carbocycles. The minimum absolute atomic E-state index is 0.0777. The molecule has 1 aromatic heterocycles. The second-order valence-electron chi connectivity index (χ2n) is 5.76. The summed E-state index contributed by atoms with van der Waals surface area (Å²) in [6.45, 7) is 0.483. The van der Waals surface area contributed by atoms with Crippen LogP contribution in [0.3, 0.4) is 0 Å². The minimum Gasteiger partial charge on any atom is -0.353 e. The molecule has 0 aliphatic heterocycles. The molecule has 2 amide bonds. The monoisotopic (exact) mass is 418 g/mol. The van der Waals surface area contributed by atoms with Gasteiger partial charge in [-0.1, -0.05) is 23.2 Å². The molecule has 28 heavy (non-hydrogen) atoms. The molecule has 8 nitrogen and oxygen atoms in total. The molecule has 0 unspecified atom stereocenters. The topological polar surface area (TPSA) is 102 Å². The van der Waals surface area contributed by atoms with Crippen LogP contribution in [0.5, 0.6) is 0 Å². The first-order valence-electron chi connectivity index (χ1n) is 8.35. The van der Waals surface area contributed by atoms with Gasteiger partial charge in [0.25, 0.3) is 5.91 Å². The van der Waals surface area contributed by atoms with Crippen LogP contribution >= 0.6 is 23.2 Å². The van der Waals surface area contributed by atoms with Gasteiger partial charge in [-0.25, -0.2) is 0 Å². The van der Waals surface area contributed by atoms with Crippen LogP contribution in [0.25, 0.3) is 11.4 Å². The SMILES string of the molecule is O=C(Cn1nnc(-c2ccc(Cl)cc2)n1)NCCNC(=O)c1ccc(Cl)cc1. The summed E-state index contributed by atoms with van der Waals surface area (Å²) in [4.78, 5) is 25.1. The Morgan fingerprint density at radius 1 is 0.893 bits per heavy atom. The van der Waals surface area contributed by atoms with Crippen LogP contribution in [0.1, 0.15) is 10.4 Å². The largest absolute Gasteiger partial charge is 0.353 e. The van der Waals surface area contributed by atoms with Gasteiger partial charge in [0, 0.05) is 34.3 Å². The van der Waals surface area contributed by atoms with Crippen LogP contribution < -0.4 is 10.6 Å². The van der Waals surface area contributed by atoms with E-state index in [1.54, 1.807) is 48.5 Å². The standard InChI is InChI=1S/C18H16Cl2N6O2/c19-14-5-1-12(2-6-14)17-23-25-26(24-17)11-16(27)21-9-10-22-18(28)13-3-7-15(20)8-4-13/h1-8H,9-11H2,(H,21,27)(H,22,28). The normalized spacial score (nSPS) is 10.5. The molecule has 2 N–H and O–H groups in total. The fourth-order valence-electron chi connectivity index (χ4n) is 2.29. The molecule has 3 aromatic rings. The zero-order valence-corrected chi connectivity index (χ0v) is 16.1. The minimum atomic E-state index is -0.291. The maximum Gasteiger partial charge on any atom is 0.251 e. The van der Waals surface area contributed by atoms with Crippen molar-refractivity contribution in [3.8, 4) is 11.4 Å². The van der Waals surface area contributed by atoms with Gasteiger partial charge in [-0.15, -0.1) is 10.2 Å². The first-order chi connectivity index (χ1) is 13.5. The number of benzene rings is 2. The van der Waals surface area contributed by atoms with Gasteiger partial charge in [0.1, 0.15) is 6.54 Å². The highest BCUT2D eigenvalue weighted by molar-refractivity contribution is 6.30. The Morgan fingerprint density at radius 3 is 2.18 bits per heavy atom. The molecule has 10 heteroatoms. The fourth-order valence-corrected chi connectivity index (χ4v) is 2.54. The van der Waals surface area contributed by atoms with Crippen LogP contribution in [0.2, 0.25) is 10.0 Å². The molecular formula is C18H16Cl2N6O2. The Bertz CT molecular complexity index is 957. The van der Waals surface area contributed by atoms with E-state index in [1.807, 2.05) is 0 Å². The number of nitrogens with zero attached hydrogens (tertiary/aromatic N) is 4. The average Bonchev–Trinajstić information content (AvgIpc) is 3.14. The fraction of sp³-hybridized carbons (Fsp3) is 0.167. The number of nitrogens with one attached hydrogen (secondary N) is 2. The van der Waals surface area contributed by atoms with E-state index >= 15 is 0 Å². The van der Waals surface area contributed by atoms with Crippen molar-refractivity contribution in [2.45, 2.75) is 6.54 Å². The highest BCUT2D eigenvalue weighted by Gasteiger charge is 2.09. The van der Waals surface area contributed by atoms with Gasteiger partial charge in [-0.2, -0.15) is 4.80 Å². The summed E-state index contributed by atoms with van der Waals surface area (Å²) in [6.07, 6.45) is 0. The number of amides is 2. The quantitative estimate of drug-likeness (QED) is 0.572. The Morgan fingerprint density at radius 2 is 1.50 bits per heavy atom. The summed E-state index contributed by atoms with van der Waals surface area (Å²) in [7, 11) is 0. The molecule has 0 fully saturated rings. The van der Waals surface area contributed by atoms with Crippen molar-refractivity contribution >= 4 is 35.0 Å². The summed E-state index contributed by atoms with van der Waals surface area (Å²) in [5.41, 5.74) is 1.25. The van der Waals surface area contributed by atoms with Crippen molar-refractivity contribution < 1.29 is 9.59 Å². The molecule has 144 valence electrons. The third-order valence-corrected chi connectivity index (χ3v) is 4.18. The summed E-state index contributed by atoms with van der Waals surface area (Å²) in [6, 6.07) is 13.5. The Balaban J connectivity index is 1.41. The number of carbonyl (C=O) groups is 2. The molecule has 0 atom stereocenters. The third-order valence-electron chi connectivity index (χ3n) is 3.68. The third kappa shape index (κ3) is 5.51. The van der Waals surface area contributed by atoms with E-state index in [-0.39, 0.29) is 31.4 Å². The first-order valence-corrected chi connectivity index (χ1v) is 9.11. The van der Waals surface area contributed by atoms with E-state index in [4.69, 9.17) is 23.2 Å². The zero-order valence-electron chi connectivity index (χ0n) is 14.6. The van der Waals surface area contributed by atoms with Crippen molar-refractivity contribution in [1.82, 2.24) is 30.8 Å². The number of rotatable bonds is 7. The highest BCUT2D eigenvalue weighted by Crippen LogP contribution is 2.16. The second kappa shape index (κ2) is 9.29. The van der Waals surface area contributed by atoms with Crippen LogP contribution in [-0.2, 0) is 11.3 Å². The van der Waals surface area contributed by atoms with Crippen molar-refractivity contribution in [3.63, 3.8) is 0 Å². The number of carbonyl (C=O) groups excluding carboxylic acids is 2. The molecule has 2 aromatic carbocycles. The van der Waals surface area contributed by atoms with Crippen LogP contribution in [-0.4, -0.2) is 45.1 Å². The predicted octanol–water partition coefficient (Wildman–Crippen LogP) is 2.19. The average molecular weight is 419 g/mol. The van der Waals surface area contributed by atoms with Crippen molar-refractivity contribution in [1.29, 1.82) is 0 Å². The summed E-state index contributed by atoms with van der Waals surface area (Å²) < 4.78 is 0. The van der Waals surface area contributed by atoms with E-state index in [0.29, 0.717) is 21.4 Å². The molecule has 0 radical (unpaired) electrons. The molecule has 0 aliphatic rings. The number of tetrazole rings is 1. The molecule has 3 rings (SSSR count). The Kier molecular flexibility index (Phi) is 6.57. The summed E-state index contributed by atoms with van der Waals surface area (Å²) in [5, 5.41) is 18.5. The molecule has 1 heterocycles. The van der Waals surface area contributed by atoms with E-state index in [1.165, 1.54) is 4.80 Å². The van der Waals surface area contributed by atoms with Crippen molar-refractivity contribution in [2.24, 2.45) is 0 Å². The Hall–Kier alpha value is -2.97. The maximum absolute atomic E-state index is 12.0. The van der Waals surface area contributed by atoms with Gasteiger partial charge in [0.05, 0.1) is 0 Å². The van der Waals surface area contributed by atoms with E-state index < -0.39 is 0 Å². The second-order valence-corrected chi connectivity index (χ2v) is 6.64. The van der Waals surface area contributed by atoms with Crippen LogP contribution in [0, 0.1) is 0 Å². The highest BCUT2D eigenvalue weighted by atomic mass is 35.5. The van der Waals surface area contributed by atoms with Crippen molar-refractivity contribution in [2.75, 3.05) is 13.1 Å². The van der Waals surface area contributed by atoms with Gasteiger partial charge in [-0.3, -0.25) is 9.59 Å². The van der Waals surface area contributed by atoms with Gasteiger partial charge < -0.3 is 10.6 Å². The van der Waals surface area contributed by atoms with E-state index in [0.717, 1.165) is 5.56 Å². The predicted molar refractivity (Wildman–Crippen MR) is 105 cm³/mol. The summed E-state index contributed by atoms with van der Waals surface area (Å²) in [5.74, 6) is -0.128. The molecular weight excluding hydrogens is 403 g/mol. The Labute approximate surface area is 170 Å². The van der Waals surface area contributed by atoms with Gasteiger partial charge >= 0.3 is 0 Å². The molecule has 0 bridgehead atoms. The maximum atomic E-state index is 12.0. The molecule has 0 saturated carbocycles. The molecule has 0 spiro atoms. The number of aromatic nitrogens is 4. The lowest BCUT2D eigenvalue weighted by Gasteiger charge is -2.07. The first kappa shape index (κ1) is 19.8. The molecule has 0 saturated heterocycles. The van der Waals surface area contributed by atoms with Crippen LogP contribution in [0.15, 0.2) is 48.5 Å². The van der Waals surface area contributed by atoms with Crippen LogP contribution in [0.4, 0.5) is 0 Å². The number of hydrogen-bond acceptors (Lipinski definition) is 5. The van der Waals surface area contributed by atoms with Gasteiger partial charge in [-0.05, 0) is 53.7 Å². The van der Waals surface area contributed by atoms with Gasteiger partial charge in [0.2, 0.25) is 11.7 Å². The lowest BCUT2D eigenvalue weighted by Crippen LogP contribution is -2.36. The summed E-state index contributed by atoms with van der Waals surface area (Å²) >= 11 is 11.6. The van der Waals surface area contributed by atoms with Gasteiger partial charge in [0.15, 0.2) is 0 Å². The zero-order chi connectivity index (χ0) is 19.9. The lowest BCUT2D eigenvalue weighted by molar-refractivity contribution is -0.122. The van der Waals surface area contributed by atoms with Crippen molar-refractivity contribution in [3.05, 3.63) is 64.1 Å². The number of hydrogen-bond donors (Lipinski definition) is 2.